The zero-order chi connectivity index (χ0) is 95.7. The number of unbranched alkanes of at least 4 members (excludes halogenated alkanes) is 1. The SMILES string of the molecule is CCCC[C@@H](C(=O)N(C)CC(=O)N[C@@H](CC(=O)O)C(=O)N[C@H](C(=O)N(C)C(Cc1ccccc1)C(=O)N[C@@H](Cc1cccc2[nH]ccc12)C(=O)N(C)CC=O)C(C)C)N(C)C(=O)[C@H](Cc1ccccc1)N(C)C(=O)[C@H](Cc1ccccc1)NC(=O)CSC[C@H](NC(=O)[C@H](CC(C)C)NC(=O)[C@H](Cc1ccc(O)cc1)NC(=O)[C@@H](N)Cc1c[nH]c2ccccc12)C(=O)NCC(N)=O. The monoisotopic (exact) mass is 1820 g/mol. The number of nitrogens with one attached hydrogen (secondary N) is 10. The summed E-state index contributed by atoms with van der Waals surface area (Å²) in [5, 5.41) is 43.2. The molecule has 700 valence electrons. The van der Waals surface area contributed by atoms with E-state index in [4.69, 9.17) is 11.5 Å². The van der Waals surface area contributed by atoms with Crippen molar-refractivity contribution < 1.29 is 86.9 Å². The molecule has 0 aliphatic rings. The van der Waals surface area contributed by atoms with E-state index in [-0.39, 0.29) is 75.3 Å². The molecule has 0 aliphatic carbocycles. The van der Waals surface area contributed by atoms with Gasteiger partial charge in [-0.05, 0) is 94.8 Å². The number of aliphatic carboxylic acids is 1. The minimum Gasteiger partial charge on any atom is -0.508 e. The van der Waals surface area contributed by atoms with Crippen molar-refractivity contribution in [2.75, 3.05) is 66.4 Å². The van der Waals surface area contributed by atoms with Gasteiger partial charge in [-0.3, -0.25) is 71.9 Å². The number of H-pyrrole nitrogens is 2. The second-order valence-corrected chi connectivity index (χ2v) is 34.5. The highest BCUT2D eigenvalue weighted by molar-refractivity contribution is 8.00. The predicted molar refractivity (Wildman–Crippen MR) is 494 cm³/mol. The Bertz CT molecular complexity index is 5270. The molecule has 8 aromatic rings. The summed E-state index contributed by atoms with van der Waals surface area (Å²) in [6.45, 7) is 6.88. The third-order valence-electron chi connectivity index (χ3n) is 22.5. The van der Waals surface area contributed by atoms with E-state index in [1.807, 2.05) is 43.3 Å². The van der Waals surface area contributed by atoms with Crippen LogP contribution in [0.25, 0.3) is 21.8 Å². The van der Waals surface area contributed by atoms with Gasteiger partial charge in [-0.1, -0.05) is 181 Å². The molecule has 2 aromatic heterocycles. The fourth-order valence-corrected chi connectivity index (χ4v) is 16.1. The first-order chi connectivity index (χ1) is 62.4. The first-order valence-electron chi connectivity index (χ1n) is 43.4. The van der Waals surface area contributed by atoms with E-state index >= 15 is 14.4 Å². The maximum Gasteiger partial charge on any atom is 0.305 e. The number of aldehydes is 1. The number of nitrogens with two attached hydrogens (primary N) is 2. The summed E-state index contributed by atoms with van der Waals surface area (Å²) < 4.78 is 0. The van der Waals surface area contributed by atoms with Crippen molar-refractivity contribution in [1.29, 1.82) is 0 Å². The molecular weight excluding hydrogens is 1700 g/mol. The summed E-state index contributed by atoms with van der Waals surface area (Å²) in [5.74, 6) is -14.8. The molecule has 131 heavy (non-hydrogen) atoms. The molecule has 0 spiro atoms. The number of fused-ring (bicyclic) bond motifs is 2. The van der Waals surface area contributed by atoms with Crippen LogP contribution in [-0.4, -0.2) is 272 Å². The summed E-state index contributed by atoms with van der Waals surface area (Å²) >= 11 is 0.855. The van der Waals surface area contributed by atoms with Crippen molar-refractivity contribution in [3.8, 4) is 5.75 Å². The Hall–Kier alpha value is -13.8. The number of carbonyl (C=O) groups excluding carboxylic acids is 15. The lowest BCUT2D eigenvalue weighted by Crippen LogP contribution is -2.61. The molecule has 14 amide bonds. The summed E-state index contributed by atoms with van der Waals surface area (Å²) in [6, 6.07) is 31.3. The maximum absolute atomic E-state index is 15.5. The van der Waals surface area contributed by atoms with Gasteiger partial charge in [0.25, 0.3) is 0 Å². The number of likely N-dealkylation sites (N-methyl/N-ethyl adjacent to an activating group) is 5. The van der Waals surface area contributed by atoms with Gasteiger partial charge in [0.2, 0.25) is 82.7 Å². The van der Waals surface area contributed by atoms with Gasteiger partial charge in [-0.15, -0.1) is 11.8 Å². The number of aromatic hydroxyl groups is 1. The highest BCUT2D eigenvalue weighted by Crippen LogP contribution is 2.25. The van der Waals surface area contributed by atoms with E-state index in [0.717, 1.165) is 48.9 Å². The normalized spacial score (nSPS) is 13.7. The van der Waals surface area contributed by atoms with Gasteiger partial charge in [0, 0.05) is 107 Å². The quantitative estimate of drug-likeness (QED) is 0.0244. The van der Waals surface area contributed by atoms with Crippen LogP contribution in [-0.2, 0) is 115 Å². The fourth-order valence-electron chi connectivity index (χ4n) is 15.2. The number of para-hydroxylation sites is 1. The number of thioether (sulfide) groups is 1. The number of amides is 14. The average molecular weight is 1820 g/mol. The molecule has 35 nitrogen and oxygen atoms in total. The molecule has 1 unspecified atom stereocenters. The Morgan fingerprint density at radius 1 is 0.466 bits per heavy atom. The lowest BCUT2D eigenvalue weighted by atomic mass is 9.97. The molecular formula is C95H121N17O18S. The second kappa shape index (κ2) is 50.3. The first-order valence-corrected chi connectivity index (χ1v) is 44.6. The first kappa shape index (κ1) is 103. The molecule has 36 heteroatoms. The zero-order valence-corrected chi connectivity index (χ0v) is 76.2. The summed E-state index contributed by atoms with van der Waals surface area (Å²) in [4.78, 5) is 238. The van der Waals surface area contributed by atoms with Gasteiger partial charge in [0.05, 0.1) is 37.8 Å². The third-order valence-corrected chi connectivity index (χ3v) is 23.5. The molecule has 2 heterocycles. The van der Waals surface area contributed by atoms with Gasteiger partial charge < -0.3 is 103 Å². The Balaban J connectivity index is 0.961. The number of hydrogen-bond donors (Lipinski definition) is 14. The maximum atomic E-state index is 15.5. The van der Waals surface area contributed by atoms with E-state index in [0.29, 0.717) is 46.9 Å². The van der Waals surface area contributed by atoms with Crippen LogP contribution in [0.1, 0.15) is 100 Å². The molecule has 8 rings (SSSR count). The van der Waals surface area contributed by atoms with Crippen LogP contribution in [0.5, 0.6) is 5.75 Å². The topological polar surface area (TPSA) is 510 Å². The minimum absolute atomic E-state index is 0.00952. The Morgan fingerprint density at radius 2 is 0.985 bits per heavy atom. The fraction of sp³-hybridized carbons (Fsp3) is 0.411. The Morgan fingerprint density at radius 3 is 1.60 bits per heavy atom. The number of benzene rings is 6. The van der Waals surface area contributed by atoms with E-state index < -0.39 is 186 Å². The summed E-state index contributed by atoms with van der Waals surface area (Å²) in [6.07, 6.45) is 3.57. The van der Waals surface area contributed by atoms with Crippen LogP contribution in [0.4, 0.5) is 0 Å². The van der Waals surface area contributed by atoms with Crippen molar-refractivity contribution >= 4 is 129 Å². The van der Waals surface area contributed by atoms with Crippen LogP contribution in [0.3, 0.4) is 0 Å². The highest BCUT2D eigenvalue weighted by Gasteiger charge is 2.42. The van der Waals surface area contributed by atoms with Crippen LogP contribution in [0.2, 0.25) is 0 Å². The van der Waals surface area contributed by atoms with Crippen molar-refractivity contribution in [1.82, 2.24) is 77.0 Å². The van der Waals surface area contributed by atoms with Gasteiger partial charge in [-0.2, -0.15) is 0 Å². The van der Waals surface area contributed by atoms with Crippen molar-refractivity contribution in [2.24, 2.45) is 23.3 Å². The number of phenolic OH excluding ortho intramolecular Hbond substituents is 1. The molecule has 6 aromatic carbocycles. The Kier molecular flexibility index (Phi) is 39.4. The van der Waals surface area contributed by atoms with E-state index in [1.54, 1.807) is 155 Å². The lowest BCUT2D eigenvalue weighted by Gasteiger charge is -2.37. The predicted octanol–water partition coefficient (Wildman–Crippen LogP) is 3.13. The lowest BCUT2D eigenvalue weighted by molar-refractivity contribution is -0.151. The number of primary amides is 1. The molecule has 0 saturated carbocycles. The van der Waals surface area contributed by atoms with Crippen molar-refractivity contribution in [3.63, 3.8) is 0 Å². The zero-order valence-electron chi connectivity index (χ0n) is 75.4. The number of aromatic amines is 2. The van der Waals surface area contributed by atoms with Gasteiger partial charge in [0.15, 0.2) is 0 Å². The molecule has 16 N–H and O–H groups in total. The summed E-state index contributed by atoms with van der Waals surface area (Å²) in [7, 11) is 6.77. The number of carboxylic acid groups (broad SMARTS) is 1. The smallest absolute Gasteiger partial charge is 0.305 e. The minimum atomic E-state index is -1.87. The number of phenols is 1. The summed E-state index contributed by atoms with van der Waals surface area (Å²) in [5.41, 5.74) is 17.3. The van der Waals surface area contributed by atoms with Crippen LogP contribution < -0.4 is 54.0 Å². The van der Waals surface area contributed by atoms with Crippen molar-refractivity contribution in [2.45, 2.75) is 172 Å². The van der Waals surface area contributed by atoms with Crippen LogP contribution >= 0.6 is 11.8 Å². The van der Waals surface area contributed by atoms with Crippen LogP contribution in [0, 0.1) is 11.8 Å². The average Bonchev–Trinajstić information content (AvgIpc) is 1.08. The number of carbonyl (C=O) groups is 16. The molecule has 11 atom stereocenters. The number of carboxylic acids is 1. The van der Waals surface area contributed by atoms with Gasteiger partial charge in [-0.25, -0.2) is 0 Å². The Labute approximate surface area is 765 Å². The van der Waals surface area contributed by atoms with E-state index in [1.165, 1.54) is 62.1 Å². The molecule has 0 bridgehead atoms. The van der Waals surface area contributed by atoms with Crippen molar-refractivity contribution in [3.05, 3.63) is 210 Å². The number of aromatic nitrogens is 2. The van der Waals surface area contributed by atoms with Crippen LogP contribution in [0.15, 0.2) is 176 Å². The number of hydrogen-bond acceptors (Lipinski definition) is 19. The number of rotatable bonds is 51. The highest BCUT2D eigenvalue weighted by atomic mass is 32.2. The third kappa shape index (κ3) is 30.7. The molecule has 0 fully saturated rings. The molecule has 0 saturated heterocycles. The van der Waals surface area contributed by atoms with Gasteiger partial charge >= 0.3 is 5.97 Å². The van der Waals surface area contributed by atoms with E-state index in [9.17, 15) is 72.5 Å². The standard InChI is InChI=1S/C95H121N17O18S/c1-11-12-35-77(93(128)109(7)54-81(116)101-73(51-83(118)119)89(124)107-84(58(4)5)95(130)111(9)78(47-60-27-18-14-19-28-60)90(125)105-75(91(126)108(6)42-43-113)50-63-31-24-34-69-67(63)40-41-98-69)110(8)94(129)79(48-61-29-20-15-21-30-61)112(10)92(127)74(46-59-25-16-13-17-26-59)102-82(117)56-131-55-76(86(121)100-53-80(97)115)106-87(122)71(44-57(2)3)104-88(123)72(45-62-36-38-65(114)39-37-62)103-85(120)68(96)49-64-52-99-70-33-23-22-32-66(64)70/h13-34,36-41,43,52,57-58,68,71-79,84,98-99,114H,11-12,35,42,44-51,53-56,96H2,1-10H3,(H2,97,115)(H,100,121)(H,101,116)(H,102,117)(H,103,120)(H,104,123)(H,105,125)(H,106,122)(H,107,124)(H,118,119)/t68-,71-,72-,73-,74-,75-,76-,77-,78?,79-,84-/m0/s1. The van der Waals surface area contributed by atoms with Gasteiger partial charge in [0.1, 0.15) is 72.5 Å². The number of nitrogens with zero attached hydrogens (tertiary/aromatic N) is 5. The van der Waals surface area contributed by atoms with E-state index in [2.05, 4.69) is 52.5 Å². The second-order valence-electron chi connectivity index (χ2n) is 33.4. The largest absolute Gasteiger partial charge is 0.508 e. The molecule has 0 aliphatic heterocycles. The molecule has 0 radical (unpaired) electrons.